The topological polar surface area (TPSA) is 93.5 Å². The third-order valence-corrected chi connectivity index (χ3v) is 2.15. The van der Waals surface area contributed by atoms with Gasteiger partial charge in [0.05, 0.1) is 12.5 Å². The Balaban J connectivity index is 2.91. The normalized spacial score (nSPS) is 14.6. The Kier molecular flexibility index (Phi) is 2.60. The number of hydrogen-bond donors (Lipinski definition) is 2. The highest BCUT2D eigenvalue weighted by molar-refractivity contribution is 6.00. The van der Waals surface area contributed by atoms with E-state index in [2.05, 4.69) is 0 Å². The fourth-order valence-corrected chi connectivity index (χ4v) is 1.07. The Morgan fingerprint density at radius 1 is 1.64 bits per heavy atom. The van der Waals surface area contributed by atoms with Crippen LogP contribution >= 0.6 is 0 Å². The third-order valence-electron chi connectivity index (χ3n) is 2.15. The van der Waals surface area contributed by atoms with Crippen LogP contribution in [0.25, 0.3) is 0 Å². The molecule has 1 aromatic heterocycles. The van der Waals surface area contributed by atoms with Crippen LogP contribution in [0.15, 0.2) is 23.0 Å². The fraction of sp³-hybridized carbons (Fsp3) is 0.333. The molecule has 5 heteroatoms. The molecule has 0 spiro atoms. The number of carboxylic acid groups (broad SMARTS) is 1. The van der Waals surface area contributed by atoms with Crippen molar-refractivity contribution in [3.05, 3.63) is 24.2 Å². The molecule has 0 aliphatic carbocycles. The molecule has 76 valence electrons. The van der Waals surface area contributed by atoms with Crippen LogP contribution < -0.4 is 5.73 Å². The van der Waals surface area contributed by atoms with E-state index in [0.717, 1.165) is 0 Å². The van der Waals surface area contributed by atoms with Crippen molar-refractivity contribution in [2.24, 2.45) is 11.1 Å². The van der Waals surface area contributed by atoms with Crippen LogP contribution in [0.1, 0.15) is 12.5 Å². The molecule has 5 nitrogen and oxygen atoms in total. The van der Waals surface area contributed by atoms with E-state index in [0.29, 0.717) is 5.56 Å². The minimum atomic E-state index is -1.58. The maximum absolute atomic E-state index is 11.0. The summed E-state index contributed by atoms with van der Waals surface area (Å²) < 4.78 is 4.77. The number of primary amides is 1. The van der Waals surface area contributed by atoms with Gasteiger partial charge in [-0.25, -0.2) is 0 Å². The Morgan fingerprint density at radius 3 is 2.64 bits per heavy atom. The number of carbonyl (C=O) groups is 2. The molecule has 0 aliphatic heterocycles. The lowest BCUT2D eigenvalue weighted by Gasteiger charge is -2.19. The van der Waals surface area contributed by atoms with Crippen molar-refractivity contribution in [3.63, 3.8) is 0 Å². The number of amides is 1. The predicted octanol–water partition coefficient (Wildman–Crippen LogP) is 0.398. The molecule has 0 radical (unpaired) electrons. The average molecular weight is 197 g/mol. The van der Waals surface area contributed by atoms with Crippen molar-refractivity contribution in [3.8, 4) is 0 Å². The smallest absolute Gasteiger partial charge is 0.319 e. The van der Waals surface area contributed by atoms with E-state index < -0.39 is 17.3 Å². The van der Waals surface area contributed by atoms with E-state index in [4.69, 9.17) is 15.3 Å². The maximum Gasteiger partial charge on any atom is 0.319 e. The number of carbonyl (C=O) groups excluding carboxylic acids is 1. The summed E-state index contributed by atoms with van der Waals surface area (Å²) in [5.41, 5.74) is 4.09. The van der Waals surface area contributed by atoms with Crippen LogP contribution in [-0.4, -0.2) is 17.0 Å². The lowest BCUT2D eigenvalue weighted by atomic mass is 9.84. The summed E-state index contributed by atoms with van der Waals surface area (Å²) in [5, 5.41) is 8.87. The van der Waals surface area contributed by atoms with Crippen molar-refractivity contribution in [1.82, 2.24) is 0 Å². The Bertz CT molecular complexity index is 328. The van der Waals surface area contributed by atoms with E-state index in [-0.39, 0.29) is 6.42 Å². The van der Waals surface area contributed by atoms with Gasteiger partial charge in [-0.05, 0) is 18.6 Å². The van der Waals surface area contributed by atoms with Gasteiger partial charge in [0.2, 0.25) is 5.91 Å². The quantitative estimate of drug-likeness (QED) is 0.683. The summed E-state index contributed by atoms with van der Waals surface area (Å²) in [7, 11) is 0. The number of nitrogens with two attached hydrogens (primary N) is 1. The Morgan fingerprint density at radius 2 is 2.29 bits per heavy atom. The molecular formula is C9H11NO4. The zero-order valence-electron chi connectivity index (χ0n) is 7.69. The second kappa shape index (κ2) is 3.53. The van der Waals surface area contributed by atoms with Gasteiger partial charge < -0.3 is 15.3 Å². The molecule has 1 unspecified atom stereocenters. The molecule has 1 rings (SSSR count). The molecule has 0 fully saturated rings. The third kappa shape index (κ3) is 1.76. The van der Waals surface area contributed by atoms with E-state index in [1.54, 1.807) is 6.07 Å². The number of aliphatic carboxylic acids is 1. The van der Waals surface area contributed by atoms with E-state index in [1.807, 2.05) is 0 Å². The first-order valence-electron chi connectivity index (χ1n) is 4.01. The SMILES string of the molecule is CC(Cc1ccoc1)(C(N)=O)C(=O)O. The molecule has 0 aliphatic rings. The molecule has 0 aromatic carbocycles. The fourth-order valence-electron chi connectivity index (χ4n) is 1.07. The van der Waals surface area contributed by atoms with Gasteiger partial charge in [0, 0.05) is 6.42 Å². The summed E-state index contributed by atoms with van der Waals surface area (Å²) >= 11 is 0. The molecule has 1 heterocycles. The second-order valence-electron chi connectivity index (χ2n) is 3.31. The summed E-state index contributed by atoms with van der Waals surface area (Å²) in [4.78, 5) is 21.9. The van der Waals surface area contributed by atoms with E-state index >= 15 is 0 Å². The monoisotopic (exact) mass is 197 g/mol. The van der Waals surface area contributed by atoms with Crippen molar-refractivity contribution in [2.75, 3.05) is 0 Å². The van der Waals surface area contributed by atoms with E-state index in [9.17, 15) is 9.59 Å². The lowest BCUT2D eigenvalue weighted by Crippen LogP contribution is -2.43. The summed E-state index contributed by atoms with van der Waals surface area (Å²) in [5.74, 6) is -2.09. The summed E-state index contributed by atoms with van der Waals surface area (Å²) in [6.45, 7) is 1.30. The molecule has 14 heavy (non-hydrogen) atoms. The molecule has 0 saturated heterocycles. The van der Waals surface area contributed by atoms with Crippen molar-refractivity contribution in [1.29, 1.82) is 0 Å². The molecule has 1 amide bonds. The lowest BCUT2D eigenvalue weighted by molar-refractivity contribution is -0.153. The van der Waals surface area contributed by atoms with E-state index in [1.165, 1.54) is 19.5 Å². The first-order chi connectivity index (χ1) is 6.47. The Hall–Kier alpha value is -1.78. The van der Waals surface area contributed by atoms with Crippen molar-refractivity contribution >= 4 is 11.9 Å². The zero-order chi connectivity index (χ0) is 10.8. The summed E-state index contributed by atoms with van der Waals surface area (Å²) in [6.07, 6.45) is 2.84. The van der Waals surface area contributed by atoms with Crippen LogP contribution in [-0.2, 0) is 16.0 Å². The molecule has 1 aromatic rings. The van der Waals surface area contributed by atoms with Gasteiger partial charge >= 0.3 is 5.97 Å². The standard InChI is InChI=1S/C9H11NO4/c1-9(7(10)11,8(12)13)4-6-2-3-14-5-6/h2-3,5H,4H2,1H3,(H2,10,11)(H,12,13). The number of rotatable bonds is 4. The van der Waals surface area contributed by atoms with Crippen LogP contribution in [0.2, 0.25) is 0 Å². The number of hydrogen-bond acceptors (Lipinski definition) is 3. The zero-order valence-corrected chi connectivity index (χ0v) is 7.69. The largest absolute Gasteiger partial charge is 0.480 e. The minimum Gasteiger partial charge on any atom is -0.480 e. The van der Waals surface area contributed by atoms with Gasteiger partial charge in [0.15, 0.2) is 0 Å². The second-order valence-corrected chi connectivity index (χ2v) is 3.31. The first-order valence-corrected chi connectivity index (χ1v) is 4.01. The highest BCUT2D eigenvalue weighted by Gasteiger charge is 2.39. The van der Waals surface area contributed by atoms with Gasteiger partial charge in [-0.3, -0.25) is 9.59 Å². The van der Waals surface area contributed by atoms with Gasteiger partial charge in [0.25, 0.3) is 0 Å². The van der Waals surface area contributed by atoms with Crippen LogP contribution in [0, 0.1) is 5.41 Å². The predicted molar refractivity (Wildman–Crippen MR) is 47.3 cm³/mol. The van der Waals surface area contributed by atoms with Crippen LogP contribution in [0.5, 0.6) is 0 Å². The first kappa shape index (κ1) is 10.3. The summed E-state index contributed by atoms with van der Waals surface area (Å²) in [6, 6.07) is 1.60. The van der Waals surface area contributed by atoms with Gasteiger partial charge in [-0.2, -0.15) is 0 Å². The van der Waals surface area contributed by atoms with Crippen molar-refractivity contribution in [2.45, 2.75) is 13.3 Å². The molecule has 1 atom stereocenters. The number of carboxylic acids is 1. The molecule has 0 bridgehead atoms. The minimum absolute atomic E-state index is 0.0359. The van der Waals surface area contributed by atoms with Gasteiger partial charge in [0.1, 0.15) is 5.41 Å². The Labute approximate surface area is 80.5 Å². The van der Waals surface area contributed by atoms with Gasteiger partial charge in [-0.15, -0.1) is 0 Å². The van der Waals surface area contributed by atoms with Crippen molar-refractivity contribution < 1.29 is 19.1 Å². The highest BCUT2D eigenvalue weighted by atomic mass is 16.4. The van der Waals surface area contributed by atoms with Gasteiger partial charge in [-0.1, -0.05) is 0 Å². The van der Waals surface area contributed by atoms with Crippen LogP contribution in [0.3, 0.4) is 0 Å². The number of furan rings is 1. The molecule has 3 N–H and O–H groups in total. The average Bonchev–Trinajstić information content (AvgIpc) is 2.55. The highest BCUT2D eigenvalue weighted by Crippen LogP contribution is 2.22. The molecule has 0 saturated carbocycles. The maximum atomic E-state index is 11.0. The molecular weight excluding hydrogens is 186 g/mol. The van der Waals surface area contributed by atoms with Crippen LogP contribution in [0.4, 0.5) is 0 Å².